The van der Waals surface area contributed by atoms with Crippen molar-refractivity contribution < 1.29 is 19.1 Å². The number of hydrogen-bond acceptors (Lipinski definition) is 8. The molecule has 10 nitrogen and oxygen atoms in total. The number of rotatable bonds is 5. The lowest BCUT2D eigenvalue weighted by atomic mass is 10.1. The largest absolute Gasteiger partial charge is 0.401 e. The summed E-state index contributed by atoms with van der Waals surface area (Å²) in [5, 5.41) is 0. The molecule has 36 heavy (non-hydrogen) atoms. The van der Waals surface area contributed by atoms with Crippen LogP contribution in [0.4, 0.5) is 5.95 Å². The molecule has 2 aromatic carbocycles. The van der Waals surface area contributed by atoms with Crippen LogP contribution in [0.25, 0.3) is 11.2 Å². The Morgan fingerprint density at radius 1 is 0.889 bits per heavy atom. The molecule has 2 aliphatic rings. The molecule has 2 fully saturated rings. The van der Waals surface area contributed by atoms with E-state index in [9.17, 15) is 9.59 Å². The van der Waals surface area contributed by atoms with Gasteiger partial charge in [0.25, 0.3) is 11.8 Å². The Hall–Kier alpha value is -4.31. The molecule has 0 atom stereocenters. The fourth-order valence-corrected chi connectivity index (χ4v) is 4.40. The van der Waals surface area contributed by atoms with Crippen molar-refractivity contribution in [2.75, 3.05) is 44.3 Å². The monoisotopic (exact) mass is 484 g/mol. The van der Waals surface area contributed by atoms with E-state index in [4.69, 9.17) is 14.5 Å². The molecule has 4 aromatic rings. The predicted octanol–water partition coefficient (Wildman–Crippen LogP) is 2.58. The molecule has 0 bridgehead atoms. The van der Waals surface area contributed by atoms with E-state index < -0.39 is 5.97 Å². The number of esters is 1. The molecule has 1 amide bonds. The van der Waals surface area contributed by atoms with Crippen LogP contribution >= 0.6 is 0 Å². The normalized spacial score (nSPS) is 16.1. The van der Waals surface area contributed by atoms with Crippen molar-refractivity contribution in [3.63, 3.8) is 0 Å². The molecule has 6 rings (SSSR count). The SMILES string of the molecule is O=C(Oc1nc(N2CCOCC2)nc2c1ncn2C1CN(C(=O)c2ccccc2)C1)c1ccccc1. The quantitative estimate of drug-likeness (QED) is 0.398. The average Bonchev–Trinajstić information content (AvgIpc) is 3.33. The first-order valence-corrected chi connectivity index (χ1v) is 11.9. The number of imidazole rings is 1. The van der Waals surface area contributed by atoms with Crippen molar-refractivity contribution in [2.45, 2.75) is 6.04 Å². The van der Waals surface area contributed by atoms with E-state index in [0.717, 1.165) is 0 Å². The van der Waals surface area contributed by atoms with Gasteiger partial charge in [-0.05, 0) is 24.3 Å². The smallest absolute Gasteiger partial charge is 0.344 e. The van der Waals surface area contributed by atoms with Crippen LogP contribution < -0.4 is 9.64 Å². The topological polar surface area (TPSA) is 103 Å². The van der Waals surface area contributed by atoms with Crippen molar-refractivity contribution in [3.8, 4) is 5.88 Å². The number of morpholine rings is 1. The van der Waals surface area contributed by atoms with Crippen LogP contribution in [0.5, 0.6) is 5.88 Å². The van der Waals surface area contributed by atoms with E-state index in [1.807, 2.05) is 45.9 Å². The number of benzene rings is 2. The number of fused-ring (bicyclic) bond motifs is 1. The van der Waals surface area contributed by atoms with Crippen LogP contribution in [0.15, 0.2) is 67.0 Å². The molecule has 4 heterocycles. The second-order valence-electron chi connectivity index (χ2n) is 8.74. The van der Waals surface area contributed by atoms with Crippen molar-refractivity contribution >= 4 is 29.0 Å². The maximum Gasteiger partial charge on any atom is 0.344 e. The molecule has 10 heteroatoms. The number of anilines is 1. The van der Waals surface area contributed by atoms with Gasteiger partial charge in [0.05, 0.1) is 31.1 Å². The molecule has 0 aliphatic carbocycles. The summed E-state index contributed by atoms with van der Waals surface area (Å²) in [6.45, 7) is 3.48. The van der Waals surface area contributed by atoms with E-state index in [1.54, 1.807) is 35.5 Å². The summed E-state index contributed by atoms with van der Waals surface area (Å²) in [6, 6.07) is 18.0. The van der Waals surface area contributed by atoms with Crippen LogP contribution in [0.3, 0.4) is 0 Å². The zero-order valence-electron chi connectivity index (χ0n) is 19.5. The molecule has 182 valence electrons. The standard InChI is InChI=1S/C26H24N6O4/c33-24(18-7-3-1-4-8-18)31-15-20(16-31)32-17-27-21-22(32)28-26(30-11-13-35-14-12-30)29-23(21)36-25(34)19-9-5-2-6-10-19/h1-10,17,20H,11-16H2. The molecular formula is C26H24N6O4. The molecule has 0 spiro atoms. The van der Waals surface area contributed by atoms with Crippen LogP contribution in [-0.2, 0) is 4.74 Å². The van der Waals surface area contributed by atoms with Crippen molar-refractivity contribution in [2.24, 2.45) is 0 Å². The first kappa shape index (κ1) is 22.2. The van der Waals surface area contributed by atoms with E-state index in [1.165, 1.54) is 0 Å². The Morgan fingerprint density at radius 2 is 1.56 bits per heavy atom. The number of likely N-dealkylation sites (tertiary alicyclic amines) is 1. The van der Waals surface area contributed by atoms with Gasteiger partial charge < -0.3 is 23.8 Å². The van der Waals surface area contributed by atoms with E-state index >= 15 is 0 Å². The van der Waals surface area contributed by atoms with E-state index in [0.29, 0.717) is 67.6 Å². The average molecular weight is 485 g/mol. The first-order chi connectivity index (χ1) is 17.7. The van der Waals surface area contributed by atoms with Crippen LogP contribution in [-0.4, -0.2) is 75.7 Å². The number of nitrogens with zero attached hydrogens (tertiary/aromatic N) is 6. The number of aromatic nitrogens is 4. The molecule has 0 radical (unpaired) electrons. The Labute approximate surface area is 207 Å². The van der Waals surface area contributed by atoms with Gasteiger partial charge in [-0.25, -0.2) is 9.78 Å². The van der Waals surface area contributed by atoms with Crippen molar-refractivity contribution in [3.05, 3.63) is 78.1 Å². The lowest BCUT2D eigenvalue weighted by Crippen LogP contribution is -2.50. The number of amides is 1. The minimum atomic E-state index is -0.513. The summed E-state index contributed by atoms with van der Waals surface area (Å²) in [5.74, 6) is 0.0596. The molecule has 2 aliphatic heterocycles. The highest BCUT2D eigenvalue weighted by atomic mass is 16.5. The number of carbonyl (C=O) groups is 2. The fourth-order valence-electron chi connectivity index (χ4n) is 4.40. The minimum Gasteiger partial charge on any atom is -0.401 e. The van der Waals surface area contributed by atoms with Crippen molar-refractivity contribution in [1.82, 2.24) is 24.4 Å². The van der Waals surface area contributed by atoms with Gasteiger partial charge in [0.15, 0.2) is 11.2 Å². The summed E-state index contributed by atoms with van der Waals surface area (Å²) in [6.07, 6.45) is 1.68. The maximum absolute atomic E-state index is 12.8. The van der Waals surface area contributed by atoms with Crippen LogP contribution in [0, 0.1) is 0 Å². The molecule has 0 saturated carbocycles. The summed E-state index contributed by atoms with van der Waals surface area (Å²) < 4.78 is 13.1. The van der Waals surface area contributed by atoms with Gasteiger partial charge in [0, 0.05) is 31.7 Å². The Kier molecular flexibility index (Phi) is 5.78. The summed E-state index contributed by atoms with van der Waals surface area (Å²) >= 11 is 0. The third-order valence-corrected chi connectivity index (χ3v) is 6.43. The highest BCUT2D eigenvalue weighted by Gasteiger charge is 2.34. The summed E-state index contributed by atoms with van der Waals surface area (Å²) in [5.41, 5.74) is 2.06. The lowest BCUT2D eigenvalue weighted by Gasteiger charge is -2.40. The Morgan fingerprint density at radius 3 is 2.25 bits per heavy atom. The zero-order valence-corrected chi connectivity index (χ0v) is 19.5. The third-order valence-electron chi connectivity index (χ3n) is 6.43. The van der Waals surface area contributed by atoms with Crippen LogP contribution in [0.2, 0.25) is 0 Å². The molecule has 2 aromatic heterocycles. The molecule has 0 N–H and O–H groups in total. The number of ether oxygens (including phenoxy) is 2. The second kappa shape index (κ2) is 9.38. The zero-order chi connectivity index (χ0) is 24.5. The van der Waals surface area contributed by atoms with E-state index in [2.05, 4.69) is 9.97 Å². The molecular weight excluding hydrogens is 460 g/mol. The van der Waals surface area contributed by atoms with Crippen molar-refractivity contribution in [1.29, 1.82) is 0 Å². The number of carbonyl (C=O) groups excluding carboxylic acids is 2. The summed E-state index contributed by atoms with van der Waals surface area (Å²) in [7, 11) is 0. The number of hydrogen-bond donors (Lipinski definition) is 0. The second-order valence-corrected chi connectivity index (χ2v) is 8.74. The minimum absolute atomic E-state index is 0.00242. The van der Waals surface area contributed by atoms with Gasteiger partial charge in [0.1, 0.15) is 0 Å². The van der Waals surface area contributed by atoms with Gasteiger partial charge in [-0.1, -0.05) is 36.4 Å². The molecule has 0 unspecified atom stereocenters. The van der Waals surface area contributed by atoms with Gasteiger partial charge >= 0.3 is 5.97 Å². The van der Waals surface area contributed by atoms with Crippen LogP contribution in [0.1, 0.15) is 26.8 Å². The molecule has 2 saturated heterocycles. The Bertz CT molecular complexity index is 1400. The maximum atomic E-state index is 12.8. The lowest BCUT2D eigenvalue weighted by molar-refractivity contribution is 0.0525. The van der Waals surface area contributed by atoms with Gasteiger partial charge in [0.2, 0.25) is 5.95 Å². The Balaban J connectivity index is 1.30. The van der Waals surface area contributed by atoms with Gasteiger partial charge in [-0.3, -0.25) is 4.79 Å². The highest BCUT2D eigenvalue weighted by Crippen LogP contribution is 2.31. The van der Waals surface area contributed by atoms with E-state index in [-0.39, 0.29) is 17.8 Å². The fraction of sp³-hybridized carbons (Fsp3) is 0.269. The summed E-state index contributed by atoms with van der Waals surface area (Å²) in [4.78, 5) is 43.2. The van der Waals surface area contributed by atoms with Gasteiger partial charge in [-0.15, -0.1) is 0 Å². The third kappa shape index (κ3) is 4.16. The first-order valence-electron chi connectivity index (χ1n) is 11.9. The predicted molar refractivity (Wildman–Crippen MR) is 131 cm³/mol. The highest BCUT2D eigenvalue weighted by molar-refractivity contribution is 5.95. The van der Waals surface area contributed by atoms with Gasteiger partial charge in [-0.2, -0.15) is 9.97 Å².